The van der Waals surface area contributed by atoms with Gasteiger partial charge in [-0.2, -0.15) is 5.10 Å². The van der Waals surface area contributed by atoms with Crippen molar-refractivity contribution in [2.45, 2.75) is 19.1 Å². The van der Waals surface area contributed by atoms with Crippen molar-refractivity contribution in [2.24, 2.45) is 5.10 Å². The minimum atomic E-state index is -0.942. The van der Waals surface area contributed by atoms with Gasteiger partial charge in [0.05, 0.1) is 30.8 Å². The van der Waals surface area contributed by atoms with Crippen LogP contribution >= 0.6 is 11.6 Å². The summed E-state index contributed by atoms with van der Waals surface area (Å²) >= 11 is 5.91. The molecule has 0 aliphatic carbocycles. The van der Waals surface area contributed by atoms with Crippen LogP contribution in [0.3, 0.4) is 0 Å². The van der Waals surface area contributed by atoms with Crippen molar-refractivity contribution in [1.82, 2.24) is 5.43 Å². The molecule has 2 rings (SSSR count). The first-order chi connectivity index (χ1) is 10.4. The fourth-order valence-corrected chi connectivity index (χ4v) is 2.07. The van der Waals surface area contributed by atoms with Gasteiger partial charge in [-0.15, -0.1) is 0 Å². The Morgan fingerprint density at radius 3 is 2.86 bits per heavy atom. The van der Waals surface area contributed by atoms with Gasteiger partial charge in [0, 0.05) is 22.7 Å². The molecule has 0 unspecified atom stereocenters. The molecule has 0 bridgehead atoms. The summed E-state index contributed by atoms with van der Waals surface area (Å²) in [5.41, 5.74) is 2.52. The van der Waals surface area contributed by atoms with Crippen LogP contribution in [0.1, 0.15) is 18.9 Å². The van der Waals surface area contributed by atoms with Crippen LogP contribution < -0.4 is 5.43 Å². The van der Waals surface area contributed by atoms with Crippen molar-refractivity contribution in [1.29, 1.82) is 0 Å². The molecule has 1 aliphatic heterocycles. The summed E-state index contributed by atoms with van der Waals surface area (Å²) in [6.45, 7) is 2.55. The molecule has 118 valence electrons. The monoisotopic (exact) mass is 327 g/mol. The number of nitrogens with one attached hydrogen (secondary N) is 1. The van der Waals surface area contributed by atoms with Crippen LogP contribution in [0.2, 0.25) is 5.02 Å². The van der Waals surface area contributed by atoms with Gasteiger partial charge in [-0.3, -0.25) is 14.9 Å². The normalized spacial score (nSPS) is 16.8. The number of nitro groups is 1. The molecule has 1 fully saturated rings. The number of carbonyl (C=O) groups excluding carboxylic acids is 1. The highest BCUT2D eigenvalue weighted by Crippen LogP contribution is 2.22. The maximum Gasteiger partial charge on any atom is 0.270 e. The predicted molar refractivity (Wildman–Crippen MR) is 78.8 cm³/mol. The van der Waals surface area contributed by atoms with Crippen LogP contribution in [-0.4, -0.2) is 36.0 Å². The van der Waals surface area contributed by atoms with Crippen LogP contribution in [0.4, 0.5) is 5.69 Å². The van der Waals surface area contributed by atoms with E-state index < -0.39 is 16.6 Å². The summed E-state index contributed by atoms with van der Waals surface area (Å²) in [6.07, 6.45) is 1.24. The minimum Gasteiger partial charge on any atom is -0.347 e. The Labute approximate surface area is 131 Å². The van der Waals surface area contributed by atoms with Crippen molar-refractivity contribution in [3.63, 3.8) is 0 Å². The maximum atomic E-state index is 11.7. The first-order valence-electron chi connectivity index (χ1n) is 6.43. The van der Waals surface area contributed by atoms with E-state index in [0.29, 0.717) is 18.8 Å². The summed E-state index contributed by atoms with van der Waals surface area (Å²) in [5, 5.41) is 14.7. The van der Waals surface area contributed by atoms with Crippen LogP contribution in [0.15, 0.2) is 23.3 Å². The third-order valence-corrected chi connectivity index (χ3v) is 3.31. The van der Waals surface area contributed by atoms with Gasteiger partial charge >= 0.3 is 0 Å². The molecule has 0 aromatic heterocycles. The predicted octanol–water partition coefficient (Wildman–Crippen LogP) is 1.85. The van der Waals surface area contributed by atoms with Crippen molar-refractivity contribution >= 4 is 29.4 Å². The van der Waals surface area contributed by atoms with Crippen LogP contribution in [-0.2, 0) is 14.3 Å². The number of hydrazone groups is 1. The smallest absolute Gasteiger partial charge is 0.270 e. The molecular weight excluding hydrogens is 314 g/mol. The Morgan fingerprint density at radius 2 is 2.23 bits per heavy atom. The highest BCUT2D eigenvalue weighted by Gasteiger charge is 2.33. The van der Waals surface area contributed by atoms with E-state index in [1.165, 1.54) is 24.4 Å². The standard InChI is InChI=1S/C13H14ClN3O5/c1-13(21-4-5-22-13)7-12(18)16-15-8-9-6-10(17(19)20)2-3-11(9)14/h2-3,6,8H,4-5,7H2,1H3,(H,16,18)/b15-8-. The van der Waals surface area contributed by atoms with Gasteiger partial charge in [0.2, 0.25) is 5.91 Å². The number of halogens is 1. The Bertz CT molecular complexity index is 614. The zero-order valence-corrected chi connectivity index (χ0v) is 12.5. The van der Waals surface area contributed by atoms with Crippen LogP contribution in [0, 0.1) is 10.1 Å². The zero-order valence-electron chi connectivity index (χ0n) is 11.7. The number of non-ortho nitro benzene ring substituents is 1. The summed E-state index contributed by atoms with van der Waals surface area (Å²) < 4.78 is 10.6. The third kappa shape index (κ3) is 4.23. The van der Waals surface area contributed by atoms with E-state index in [1.807, 2.05) is 0 Å². The van der Waals surface area contributed by atoms with E-state index in [0.717, 1.165) is 0 Å². The SMILES string of the molecule is CC1(CC(=O)N/N=C\c2cc([N+](=O)[O-])ccc2Cl)OCCO1. The van der Waals surface area contributed by atoms with Gasteiger partial charge in [-0.05, 0) is 13.0 Å². The van der Waals surface area contributed by atoms with Crippen molar-refractivity contribution in [2.75, 3.05) is 13.2 Å². The average molecular weight is 328 g/mol. The quantitative estimate of drug-likeness (QED) is 0.505. The summed E-state index contributed by atoms with van der Waals surface area (Å²) in [5.74, 6) is -1.34. The molecule has 1 aromatic carbocycles. The second-order valence-electron chi connectivity index (χ2n) is 4.76. The number of hydrogen-bond acceptors (Lipinski definition) is 6. The molecule has 0 spiro atoms. The Balaban J connectivity index is 1.96. The molecule has 8 nitrogen and oxygen atoms in total. The number of amides is 1. The molecule has 1 aromatic rings. The fourth-order valence-electron chi connectivity index (χ4n) is 1.91. The fraction of sp³-hybridized carbons (Fsp3) is 0.385. The van der Waals surface area contributed by atoms with Crippen LogP contribution in [0.5, 0.6) is 0 Å². The van der Waals surface area contributed by atoms with Gasteiger partial charge in [-0.25, -0.2) is 5.43 Å². The minimum absolute atomic E-state index is 0.00693. The van der Waals surface area contributed by atoms with E-state index >= 15 is 0 Å². The number of carbonyl (C=O) groups is 1. The van der Waals surface area contributed by atoms with Gasteiger partial charge in [0.15, 0.2) is 5.79 Å². The molecule has 1 amide bonds. The highest BCUT2D eigenvalue weighted by molar-refractivity contribution is 6.33. The topological polar surface area (TPSA) is 103 Å². The lowest BCUT2D eigenvalue weighted by atomic mass is 10.2. The van der Waals surface area contributed by atoms with Gasteiger partial charge in [-0.1, -0.05) is 11.6 Å². The van der Waals surface area contributed by atoms with Gasteiger partial charge < -0.3 is 9.47 Å². The first-order valence-corrected chi connectivity index (χ1v) is 6.81. The van der Waals surface area contributed by atoms with Gasteiger partial charge in [0.25, 0.3) is 5.69 Å². The summed E-state index contributed by atoms with van der Waals surface area (Å²) in [4.78, 5) is 21.9. The number of ether oxygens (including phenoxy) is 2. The Hall–Kier alpha value is -2.03. The van der Waals surface area contributed by atoms with E-state index in [2.05, 4.69) is 10.5 Å². The summed E-state index contributed by atoms with van der Waals surface area (Å²) in [6, 6.07) is 3.94. The maximum absolute atomic E-state index is 11.7. The largest absolute Gasteiger partial charge is 0.347 e. The summed E-state index contributed by atoms with van der Waals surface area (Å²) in [7, 11) is 0. The van der Waals surface area contributed by atoms with Crippen molar-refractivity contribution < 1.29 is 19.2 Å². The zero-order chi connectivity index (χ0) is 16.2. The number of hydrogen-bond donors (Lipinski definition) is 1. The van der Waals surface area contributed by atoms with E-state index in [-0.39, 0.29) is 17.1 Å². The number of nitro benzene ring substituents is 1. The number of nitrogens with zero attached hydrogens (tertiary/aromatic N) is 2. The highest BCUT2D eigenvalue weighted by atomic mass is 35.5. The lowest BCUT2D eigenvalue weighted by Gasteiger charge is -2.20. The molecule has 9 heteroatoms. The first kappa shape index (κ1) is 16.3. The van der Waals surface area contributed by atoms with E-state index in [4.69, 9.17) is 21.1 Å². The molecule has 1 aliphatic rings. The van der Waals surface area contributed by atoms with Crippen molar-refractivity contribution in [3.8, 4) is 0 Å². The molecule has 1 N–H and O–H groups in total. The molecule has 22 heavy (non-hydrogen) atoms. The molecule has 1 saturated heterocycles. The molecule has 0 atom stereocenters. The second-order valence-corrected chi connectivity index (χ2v) is 5.17. The Kier molecular flexibility index (Phi) is 5.07. The Morgan fingerprint density at radius 1 is 1.55 bits per heavy atom. The number of rotatable bonds is 5. The van der Waals surface area contributed by atoms with E-state index in [9.17, 15) is 14.9 Å². The second kappa shape index (κ2) is 6.82. The third-order valence-electron chi connectivity index (χ3n) is 2.96. The number of benzene rings is 1. The van der Waals surface area contributed by atoms with Crippen molar-refractivity contribution in [3.05, 3.63) is 38.9 Å². The molecule has 1 heterocycles. The molecule has 0 saturated carbocycles. The molecule has 0 radical (unpaired) electrons. The lowest BCUT2D eigenvalue weighted by molar-refractivity contribution is -0.384. The van der Waals surface area contributed by atoms with Crippen LogP contribution in [0.25, 0.3) is 0 Å². The van der Waals surface area contributed by atoms with E-state index in [1.54, 1.807) is 6.92 Å². The lowest BCUT2D eigenvalue weighted by Crippen LogP contribution is -2.33. The van der Waals surface area contributed by atoms with Gasteiger partial charge in [0.1, 0.15) is 0 Å². The molecular formula is C13H14ClN3O5. The average Bonchev–Trinajstić information content (AvgIpc) is 2.86.